The van der Waals surface area contributed by atoms with Crippen LogP contribution in [0.15, 0.2) is 0 Å². The van der Waals surface area contributed by atoms with Gasteiger partial charge in [0.05, 0.1) is 0 Å². The molecule has 0 aliphatic heterocycles. The molecule has 3 atom stereocenters. The molecule has 78 valence electrons. The Labute approximate surface area is 84.1 Å². The molecule has 1 rings (SSSR count). The molecule has 0 spiro atoms. The van der Waals surface area contributed by atoms with E-state index in [4.69, 9.17) is 0 Å². The second-order valence-electron chi connectivity index (χ2n) is 4.99. The second kappa shape index (κ2) is 5.67. The van der Waals surface area contributed by atoms with Gasteiger partial charge in [-0.25, -0.2) is 0 Å². The Balaban J connectivity index is 2.35. The molecule has 1 fully saturated rings. The van der Waals surface area contributed by atoms with Crippen LogP contribution < -0.4 is 0 Å². The van der Waals surface area contributed by atoms with Gasteiger partial charge in [0.2, 0.25) is 0 Å². The first-order valence-corrected chi connectivity index (χ1v) is 6.27. The Hall–Kier alpha value is 0. The van der Waals surface area contributed by atoms with E-state index in [0.717, 1.165) is 17.8 Å². The first-order valence-electron chi connectivity index (χ1n) is 6.27. The Morgan fingerprint density at radius 1 is 1.08 bits per heavy atom. The first-order chi connectivity index (χ1) is 6.27. The summed E-state index contributed by atoms with van der Waals surface area (Å²) in [6.45, 7) is 7.12. The average molecular weight is 182 g/mol. The molecule has 0 bridgehead atoms. The molecule has 0 N–H and O–H groups in total. The number of unbranched alkanes of at least 4 members (excludes halogenated alkanes) is 1. The van der Waals surface area contributed by atoms with Crippen molar-refractivity contribution in [2.45, 2.75) is 65.7 Å². The molecule has 0 saturated heterocycles. The molecule has 3 unspecified atom stereocenters. The van der Waals surface area contributed by atoms with E-state index in [-0.39, 0.29) is 0 Å². The summed E-state index contributed by atoms with van der Waals surface area (Å²) in [4.78, 5) is 0. The second-order valence-corrected chi connectivity index (χ2v) is 4.99. The third kappa shape index (κ3) is 3.32. The van der Waals surface area contributed by atoms with Gasteiger partial charge in [0.1, 0.15) is 0 Å². The maximum Gasteiger partial charge on any atom is -0.0383 e. The molecule has 0 heterocycles. The van der Waals surface area contributed by atoms with Gasteiger partial charge in [0, 0.05) is 0 Å². The zero-order valence-corrected chi connectivity index (χ0v) is 9.68. The molecular weight excluding hydrogens is 156 g/mol. The van der Waals surface area contributed by atoms with Gasteiger partial charge in [0.15, 0.2) is 0 Å². The molecule has 0 nitrogen and oxygen atoms in total. The van der Waals surface area contributed by atoms with Gasteiger partial charge in [-0.1, -0.05) is 52.9 Å². The highest BCUT2D eigenvalue weighted by Gasteiger charge is 2.26. The lowest BCUT2D eigenvalue weighted by Gasteiger charge is -2.34. The van der Waals surface area contributed by atoms with Crippen molar-refractivity contribution in [3.63, 3.8) is 0 Å². The fraction of sp³-hybridized carbons (Fsp3) is 1.00. The van der Waals surface area contributed by atoms with Crippen LogP contribution in [0, 0.1) is 17.8 Å². The zero-order valence-electron chi connectivity index (χ0n) is 9.68. The molecule has 1 aliphatic carbocycles. The van der Waals surface area contributed by atoms with Gasteiger partial charge >= 0.3 is 0 Å². The Morgan fingerprint density at radius 2 is 1.85 bits per heavy atom. The molecule has 0 aromatic rings. The lowest BCUT2D eigenvalue weighted by atomic mass is 9.72. The number of hydrogen-bond acceptors (Lipinski definition) is 0. The lowest BCUT2D eigenvalue weighted by molar-refractivity contribution is 0.171. The summed E-state index contributed by atoms with van der Waals surface area (Å²) >= 11 is 0. The van der Waals surface area contributed by atoms with E-state index in [1.807, 2.05) is 0 Å². The summed E-state index contributed by atoms with van der Waals surface area (Å²) in [5.74, 6) is 3.13. The van der Waals surface area contributed by atoms with E-state index in [1.165, 1.54) is 44.9 Å². The molecule has 0 amide bonds. The first kappa shape index (κ1) is 11.1. The zero-order chi connectivity index (χ0) is 9.68. The van der Waals surface area contributed by atoms with E-state index in [1.54, 1.807) is 0 Å². The average Bonchev–Trinajstić information content (AvgIpc) is 2.15. The minimum atomic E-state index is 1.00. The molecule has 0 aromatic carbocycles. The minimum absolute atomic E-state index is 1.00. The predicted molar refractivity (Wildman–Crippen MR) is 59.8 cm³/mol. The van der Waals surface area contributed by atoms with Gasteiger partial charge in [0.25, 0.3) is 0 Å². The van der Waals surface area contributed by atoms with E-state index >= 15 is 0 Å². The van der Waals surface area contributed by atoms with Crippen LogP contribution in [0.25, 0.3) is 0 Å². The van der Waals surface area contributed by atoms with Crippen LogP contribution >= 0.6 is 0 Å². The van der Waals surface area contributed by atoms with Gasteiger partial charge in [-0.15, -0.1) is 0 Å². The molecule has 1 aliphatic rings. The monoisotopic (exact) mass is 182 g/mol. The summed E-state index contributed by atoms with van der Waals surface area (Å²) in [5, 5.41) is 0. The molecule has 1 saturated carbocycles. The quantitative estimate of drug-likeness (QED) is 0.594. The van der Waals surface area contributed by atoms with E-state index in [2.05, 4.69) is 20.8 Å². The standard InChI is InChI=1S/C13H26/c1-4-6-7-13-10-11(3)8-9-12(13)5-2/h11-13H,4-10H2,1-3H3. The predicted octanol–water partition coefficient (Wildman–Crippen LogP) is 4.64. The third-order valence-electron chi connectivity index (χ3n) is 3.85. The molecule has 0 aromatic heterocycles. The summed E-state index contributed by atoms with van der Waals surface area (Å²) in [6, 6.07) is 0. The summed E-state index contributed by atoms with van der Waals surface area (Å²) in [7, 11) is 0. The van der Waals surface area contributed by atoms with Crippen molar-refractivity contribution in [2.75, 3.05) is 0 Å². The summed E-state index contributed by atoms with van der Waals surface area (Å²) in [5.41, 5.74) is 0. The van der Waals surface area contributed by atoms with Crippen molar-refractivity contribution in [2.24, 2.45) is 17.8 Å². The summed E-state index contributed by atoms with van der Waals surface area (Å²) < 4.78 is 0. The summed E-state index contributed by atoms with van der Waals surface area (Å²) in [6.07, 6.45) is 10.3. The highest BCUT2D eigenvalue weighted by molar-refractivity contribution is 4.77. The fourth-order valence-electron chi connectivity index (χ4n) is 2.92. The largest absolute Gasteiger partial charge is 0.0654 e. The Morgan fingerprint density at radius 3 is 2.46 bits per heavy atom. The van der Waals surface area contributed by atoms with Crippen molar-refractivity contribution in [3.8, 4) is 0 Å². The Bertz CT molecular complexity index is 128. The minimum Gasteiger partial charge on any atom is -0.0654 e. The molecule has 0 heteroatoms. The van der Waals surface area contributed by atoms with Crippen LogP contribution in [-0.4, -0.2) is 0 Å². The fourth-order valence-corrected chi connectivity index (χ4v) is 2.92. The lowest BCUT2D eigenvalue weighted by Crippen LogP contribution is -2.23. The van der Waals surface area contributed by atoms with Gasteiger partial charge < -0.3 is 0 Å². The normalized spacial score (nSPS) is 34.8. The van der Waals surface area contributed by atoms with Crippen LogP contribution in [-0.2, 0) is 0 Å². The van der Waals surface area contributed by atoms with Crippen LogP contribution in [0.5, 0.6) is 0 Å². The van der Waals surface area contributed by atoms with Crippen molar-refractivity contribution < 1.29 is 0 Å². The molecule has 13 heavy (non-hydrogen) atoms. The maximum atomic E-state index is 2.44. The molecule has 0 radical (unpaired) electrons. The van der Waals surface area contributed by atoms with Crippen molar-refractivity contribution in [1.29, 1.82) is 0 Å². The Kier molecular flexibility index (Phi) is 4.83. The van der Waals surface area contributed by atoms with Gasteiger partial charge in [-0.3, -0.25) is 0 Å². The van der Waals surface area contributed by atoms with Crippen LogP contribution in [0.1, 0.15) is 65.7 Å². The SMILES string of the molecule is CCCCC1CC(C)CCC1CC. The van der Waals surface area contributed by atoms with Gasteiger partial charge in [-0.2, -0.15) is 0 Å². The van der Waals surface area contributed by atoms with Crippen molar-refractivity contribution >= 4 is 0 Å². The topological polar surface area (TPSA) is 0 Å². The van der Waals surface area contributed by atoms with Crippen LogP contribution in [0.3, 0.4) is 0 Å². The van der Waals surface area contributed by atoms with E-state index in [9.17, 15) is 0 Å². The van der Waals surface area contributed by atoms with Crippen LogP contribution in [0.4, 0.5) is 0 Å². The smallest absolute Gasteiger partial charge is 0.0383 e. The van der Waals surface area contributed by atoms with Crippen molar-refractivity contribution in [3.05, 3.63) is 0 Å². The molecular formula is C13H26. The van der Waals surface area contributed by atoms with E-state index < -0.39 is 0 Å². The van der Waals surface area contributed by atoms with Crippen LogP contribution in [0.2, 0.25) is 0 Å². The third-order valence-corrected chi connectivity index (χ3v) is 3.85. The highest BCUT2D eigenvalue weighted by atomic mass is 14.3. The number of rotatable bonds is 4. The van der Waals surface area contributed by atoms with Gasteiger partial charge in [-0.05, 0) is 30.6 Å². The van der Waals surface area contributed by atoms with Crippen molar-refractivity contribution in [1.82, 2.24) is 0 Å². The highest BCUT2D eigenvalue weighted by Crippen LogP contribution is 2.38. The maximum absolute atomic E-state index is 2.44. The number of hydrogen-bond donors (Lipinski definition) is 0. The van der Waals surface area contributed by atoms with E-state index in [0.29, 0.717) is 0 Å².